The molecule has 0 aliphatic carbocycles. The maximum atomic E-state index is 11.4. The maximum Gasteiger partial charge on any atom is 0.153 e. The van der Waals surface area contributed by atoms with Gasteiger partial charge < -0.3 is 4.74 Å². The number of rotatable bonds is 3. The predicted molar refractivity (Wildman–Crippen MR) is 83.6 cm³/mol. The van der Waals surface area contributed by atoms with Crippen molar-refractivity contribution < 1.29 is 9.53 Å². The molecule has 0 amide bonds. The normalized spacial score (nSPS) is 11.8. The van der Waals surface area contributed by atoms with Crippen molar-refractivity contribution in [3.05, 3.63) is 28.8 Å². The largest absolute Gasteiger partial charge is 0.480 e. The molecule has 0 radical (unpaired) electrons. The first-order valence-corrected chi connectivity index (χ1v) is 6.81. The van der Waals surface area contributed by atoms with Crippen molar-refractivity contribution in [2.45, 2.75) is 52.4 Å². The molecule has 1 aromatic rings. The zero-order valence-electron chi connectivity index (χ0n) is 13.3. The van der Waals surface area contributed by atoms with Crippen molar-refractivity contribution in [1.29, 1.82) is 0 Å². The summed E-state index contributed by atoms with van der Waals surface area (Å²) in [6, 6.07) is 4.02. The molecule has 0 unspecified atom stereocenters. The quantitative estimate of drug-likeness (QED) is 0.611. The highest BCUT2D eigenvalue weighted by Crippen LogP contribution is 2.37. The number of aldehydes is 1. The van der Waals surface area contributed by atoms with Crippen LogP contribution in [-0.4, -0.2) is 12.9 Å². The van der Waals surface area contributed by atoms with Gasteiger partial charge in [-0.25, -0.2) is 0 Å². The Kier molecular flexibility index (Phi) is 4.65. The Morgan fingerprint density at radius 2 is 1.75 bits per heavy atom. The Labute approximate surface area is 122 Å². The van der Waals surface area contributed by atoms with E-state index in [1.165, 1.54) is 0 Å². The standard InChI is InChI=1S/C18H24O2/c1-8-9-20-16-13(12-19)10-14(17(2,3)4)11-15(16)18(5,6)7/h1,10-12H,9H2,2-7H3. The monoisotopic (exact) mass is 272 g/mol. The van der Waals surface area contributed by atoms with Gasteiger partial charge in [0.15, 0.2) is 6.29 Å². The smallest absolute Gasteiger partial charge is 0.153 e. The maximum absolute atomic E-state index is 11.4. The van der Waals surface area contributed by atoms with Crippen molar-refractivity contribution in [1.82, 2.24) is 0 Å². The number of hydrogen-bond acceptors (Lipinski definition) is 2. The zero-order chi connectivity index (χ0) is 15.6. The van der Waals surface area contributed by atoms with Crippen LogP contribution in [0.5, 0.6) is 5.75 Å². The van der Waals surface area contributed by atoms with Gasteiger partial charge in [-0.2, -0.15) is 0 Å². The van der Waals surface area contributed by atoms with Crippen LogP contribution in [-0.2, 0) is 10.8 Å². The molecule has 0 aliphatic heterocycles. The van der Waals surface area contributed by atoms with Crippen molar-refractivity contribution in [3.63, 3.8) is 0 Å². The van der Waals surface area contributed by atoms with E-state index < -0.39 is 0 Å². The summed E-state index contributed by atoms with van der Waals surface area (Å²) in [4.78, 5) is 11.4. The molecule has 1 rings (SSSR count). The van der Waals surface area contributed by atoms with Gasteiger partial charge in [0.1, 0.15) is 12.4 Å². The first-order chi connectivity index (χ1) is 9.11. The van der Waals surface area contributed by atoms with E-state index in [1.807, 2.05) is 6.07 Å². The molecule has 20 heavy (non-hydrogen) atoms. The molecule has 0 heterocycles. The summed E-state index contributed by atoms with van der Waals surface area (Å²) in [5.41, 5.74) is 2.56. The van der Waals surface area contributed by atoms with E-state index in [2.05, 4.69) is 53.5 Å². The van der Waals surface area contributed by atoms with Gasteiger partial charge in [0.05, 0.1) is 5.56 Å². The van der Waals surface area contributed by atoms with E-state index in [9.17, 15) is 4.79 Å². The fraction of sp³-hybridized carbons (Fsp3) is 0.500. The van der Waals surface area contributed by atoms with Crippen LogP contribution in [0.2, 0.25) is 0 Å². The third kappa shape index (κ3) is 3.63. The lowest BCUT2D eigenvalue weighted by Gasteiger charge is -2.28. The molecular weight excluding hydrogens is 248 g/mol. The van der Waals surface area contributed by atoms with E-state index >= 15 is 0 Å². The minimum atomic E-state index is -0.122. The Bertz CT molecular complexity index is 534. The fourth-order valence-corrected chi connectivity index (χ4v) is 2.00. The molecule has 2 nitrogen and oxygen atoms in total. The molecule has 108 valence electrons. The van der Waals surface area contributed by atoms with Gasteiger partial charge in [0.2, 0.25) is 0 Å². The van der Waals surface area contributed by atoms with E-state index in [0.29, 0.717) is 11.3 Å². The molecule has 0 N–H and O–H groups in total. The summed E-state index contributed by atoms with van der Waals surface area (Å²) in [6.45, 7) is 12.9. The molecule has 0 saturated carbocycles. The first kappa shape index (κ1) is 16.3. The number of benzene rings is 1. The summed E-state index contributed by atoms with van der Waals surface area (Å²) in [5, 5.41) is 0. The molecule has 0 aliphatic rings. The highest BCUT2D eigenvalue weighted by atomic mass is 16.5. The van der Waals surface area contributed by atoms with Crippen LogP contribution in [0.1, 0.15) is 63.0 Å². The van der Waals surface area contributed by atoms with Crippen LogP contribution in [0, 0.1) is 12.3 Å². The predicted octanol–water partition coefficient (Wildman–Crippen LogP) is 4.11. The van der Waals surface area contributed by atoms with Crippen molar-refractivity contribution in [3.8, 4) is 18.1 Å². The fourth-order valence-electron chi connectivity index (χ4n) is 2.00. The molecule has 0 atom stereocenters. The number of hydrogen-bond donors (Lipinski definition) is 0. The SMILES string of the molecule is C#CCOc1c(C=O)cc(C(C)(C)C)cc1C(C)(C)C. The highest BCUT2D eigenvalue weighted by molar-refractivity contribution is 5.81. The third-order valence-electron chi connectivity index (χ3n) is 3.22. The minimum Gasteiger partial charge on any atom is -0.480 e. The second-order valence-corrected chi connectivity index (χ2v) is 7.05. The number of ether oxygens (including phenoxy) is 1. The average molecular weight is 272 g/mol. The number of carbonyl (C=O) groups is 1. The zero-order valence-corrected chi connectivity index (χ0v) is 13.3. The Morgan fingerprint density at radius 1 is 1.15 bits per heavy atom. The van der Waals surface area contributed by atoms with Crippen LogP contribution in [0.15, 0.2) is 12.1 Å². The molecule has 0 aromatic heterocycles. The van der Waals surface area contributed by atoms with Gasteiger partial charge in [-0.1, -0.05) is 53.5 Å². The lowest BCUT2D eigenvalue weighted by molar-refractivity contribution is 0.111. The third-order valence-corrected chi connectivity index (χ3v) is 3.22. The van der Waals surface area contributed by atoms with Gasteiger partial charge >= 0.3 is 0 Å². The van der Waals surface area contributed by atoms with Crippen LogP contribution >= 0.6 is 0 Å². The van der Waals surface area contributed by atoms with Gasteiger partial charge in [-0.15, -0.1) is 6.42 Å². The van der Waals surface area contributed by atoms with Gasteiger partial charge in [-0.3, -0.25) is 4.79 Å². The second kappa shape index (κ2) is 5.71. The summed E-state index contributed by atoms with van der Waals surface area (Å²) in [6.07, 6.45) is 6.11. The minimum absolute atomic E-state index is 0.0254. The van der Waals surface area contributed by atoms with E-state index in [1.54, 1.807) is 0 Å². The summed E-state index contributed by atoms with van der Waals surface area (Å²) in [7, 11) is 0. The first-order valence-electron chi connectivity index (χ1n) is 6.81. The highest BCUT2D eigenvalue weighted by Gasteiger charge is 2.25. The molecule has 0 saturated heterocycles. The average Bonchev–Trinajstić information content (AvgIpc) is 2.32. The Hall–Kier alpha value is -1.75. The van der Waals surface area contributed by atoms with E-state index in [4.69, 9.17) is 11.2 Å². The molecule has 0 fully saturated rings. The van der Waals surface area contributed by atoms with Crippen molar-refractivity contribution in [2.24, 2.45) is 0 Å². The van der Waals surface area contributed by atoms with Gasteiger partial charge in [-0.05, 0) is 22.5 Å². The van der Waals surface area contributed by atoms with Crippen molar-refractivity contribution >= 4 is 6.29 Å². The second-order valence-electron chi connectivity index (χ2n) is 7.05. The van der Waals surface area contributed by atoms with Gasteiger partial charge in [0, 0.05) is 5.56 Å². The van der Waals surface area contributed by atoms with Crippen LogP contribution in [0.25, 0.3) is 0 Å². The molecule has 0 spiro atoms. The van der Waals surface area contributed by atoms with Crippen LogP contribution in [0.4, 0.5) is 0 Å². The lowest BCUT2D eigenvalue weighted by Crippen LogP contribution is -2.19. The van der Waals surface area contributed by atoms with Crippen LogP contribution < -0.4 is 4.74 Å². The number of terminal acetylenes is 1. The van der Waals surface area contributed by atoms with E-state index in [-0.39, 0.29) is 17.4 Å². The summed E-state index contributed by atoms with van der Waals surface area (Å²) in [5.74, 6) is 3.06. The molecule has 2 heteroatoms. The van der Waals surface area contributed by atoms with E-state index in [0.717, 1.165) is 17.4 Å². The summed E-state index contributed by atoms with van der Waals surface area (Å²) >= 11 is 0. The lowest BCUT2D eigenvalue weighted by atomic mass is 9.79. The van der Waals surface area contributed by atoms with Gasteiger partial charge in [0.25, 0.3) is 0 Å². The topological polar surface area (TPSA) is 26.3 Å². The summed E-state index contributed by atoms with van der Waals surface area (Å²) < 4.78 is 5.64. The van der Waals surface area contributed by atoms with Crippen LogP contribution in [0.3, 0.4) is 0 Å². The Morgan fingerprint density at radius 3 is 2.15 bits per heavy atom. The molecule has 0 bridgehead atoms. The number of carbonyl (C=O) groups excluding carboxylic acids is 1. The Balaban J connectivity index is 3.57. The van der Waals surface area contributed by atoms with Crippen molar-refractivity contribution in [2.75, 3.05) is 6.61 Å². The molecular formula is C18H24O2. The molecule has 1 aromatic carbocycles.